The standard InChI is InChI=1S/C19H19N3O/c1-13(14-6-3-2-4-7-14)12-17-21-16-9-5-8-15-18(16)22(17)11-10-20-19(15)23/h2-9,13H,10-12H2,1H3,(H,20,23). The zero-order chi connectivity index (χ0) is 15.8. The number of imidazole rings is 1. The highest BCUT2D eigenvalue weighted by Crippen LogP contribution is 2.26. The number of amides is 1. The van der Waals surface area contributed by atoms with E-state index < -0.39 is 0 Å². The van der Waals surface area contributed by atoms with Crippen LogP contribution in [0.25, 0.3) is 11.0 Å². The van der Waals surface area contributed by atoms with E-state index in [4.69, 9.17) is 4.98 Å². The van der Waals surface area contributed by atoms with Crippen LogP contribution in [0.4, 0.5) is 0 Å². The highest BCUT2D eigenvalue weighted by atomic mass is 16.1. The Morgan fingerprint density at radius 2 is 2.00 bits per heavy atom. The van der Waals surface area contributed by atoms with Gasteiger partial charge < -0.3 is 9.88 Å². The number of hydrogen-bond donors (Lipinski definition) is 1. The van der Waals surface area contributed by atoms with Gasteiger partial charge in [-0.1, -0.05) is 43.3 Å². The number of aromatic nitrogens is 2. The number of carbonyl (C=O) groups excluding carboxylic acids is 1. The lowest BCUT2D eigenvalue weighted by atomic mass is 9.97. The first-order valence-corrected chi connectivity index (χ1v) is 8.05. The Bertz CT molecular complexity index is 867. The Kier molecular flexibility index (Phi) is 3.37. The summed E-state index contributed by atoms with van der Waals surface area (Å²) in [6, 6.07) is 16.3. The fraction of sp³-hybridized carbons (Fsp3) is 0.263. The number of benzene rings is 2. The molecule has 116 valence electrons. The lowest BCUT2D eigenvalue weighted by Crippen LogP contribution is -2.24. The molecular weight excluding hydrogens is 286 g/mol. The van der Waals surface area contributed by atoms with Crippen LogP contribution in [0.5, 0.6) is 0 Å². The van der Waals surface area contributed by atoms with E-state index in [0.29, 0.717) is 12.5 Å². The second-order valence-electron chi connectivity index (χ2n) is 6.12. The van der Waals surface area contributed by atoms with Crippen LogP contribution < -0.4 is 5.32 Å². The molecular formula is C19H19N3O. The van der Waals surface area contributed by atoms with Crippen molar-refractivity contribution in [2.24, 2.45) is 0 Å². The largest absolute Gasteiger partial charge is 0.350 e. The lowest BCUT2D eigenvalue weighted by Gasteiger charge is -2.13. The van der Waals surface area contributed by atoms with E-state index in [1.54, 1.807) is 0 Å². The minimum absolute atomic E-state index is 0.00286. The third-order valence-electron chi connectivity index (χ3n) is 4.57. The minimum Gasteiger partial charge on any atom is -0.350 e. The molecule has 1 aromatic heterocycles. The van der Waals surface area contributed by atoms with Gasteiger partial charge in [0.2, 0.25) is 0 Å². The summed E-state index contributed by atoms with van der Waals surface area (Å²) in [5.41, 5.74) is 3.93. The quantitative estimate of drug-likeness (QED) is 0.808. The molecule has 1 unspecified atom stereocenters. The van der Waals surface area contributed by atoms with Crippen LogP contribution >= 0.6 is 0 Å². The van der Waals surface area contributed by atoms with E-state index in [1.165, 1.54) is 5.56 Å². The van der Waals surface area contributed by atoms with E-state index in [9.17, 15) is 4.79 Å². The Morgan fingerprint density at radius 3 is 2.83 bits per heavy atom. The fourth-order valence-corrected chi connectivity index (χ4v) is 3.36. The molecule has 0 fully saturated rings. The Hall–Kier alpha value is -2.62. The number of hydrogen-bond acceptors (Lipinski definition) is 2. The van der Waals surface area contributed by atoms with Crippen molar-refractivity contribution < 1.29 is 4.79 Å². The summed E-state index contributed by atoms with van der Waals surface area (Å²) in [4.78, 5) is 17.0. The van der Waals surface area contributed by atoms with Gasteiger partial charge in [-0.25, -0.2) is 4.98 Å². The summed E-state index contributed by atoms with van der Waals surface area (Å²) in [6.45, 7) is 3.64. The van der Waals surface area contributed by atoms with Crippen molar-refractivity contribution in [3.63, 3.8) is 0 Å². The van der Waals surface area contributed by atoms with Crippen LogP contribution in [-0.2, 0) is 13.0 Å². The maximum atomic E-state index is 12.2. The molecule has 23 heavy (non-hydrogen) atoms. The van der Waals surface area contributed by atoms with E-state index in [-0.39, 0.29) is 5.91 Å². The summed E-state index contributed by atoms with van der Waals surface area (Å²) >= 11 is 0. The molecule has 0 saturated carbocycles. The van der Waals surface area contributed by atoms with Crippen LogP contribution in [-0.4, -0.2) is 22.0 Å². The summed E-state index contributed by atoms with van der Waals surface area (Å²) < 4.78 is 2.21. The highest BCUT2D eigenvalue weighted by Gasteiger charge is 2.21. The summed E-state index contributed by atoms with van der Waals surface area (Å²) in [5, 5.41) is 2.96. The predicted molar refractivity (Wildman–Crippen MR) is 90.6 cm³/mol. The molecule has 0 bridgehead atoms. The van der Waals surface area contributed by atoms with Crippen molar-refractivity contribution >= 4 is 16.9 Å². The molecule has 0 spiro atoms. The van der Waals surface area contributed by atoms with Gasteiger partial charge in [-0.15, -0.1) is 0 Å². The van der Waals surface area contributed by atoms with Gasteiger partial charge >= 0.3 is 0 Å². The van der Waals surface area contributed by atoms with Crippen LogP contribution in [0, 0.1) is 0 Å². The van der Waals surface area contributed by atoms with E-state index in [2.05, 4.69) is 41.1 Å². The summed E-state index contributed by atoms with van der Waals surface area (Å²) in [6.07, 6.45) is 0.867. The Morgan fingerprint density at radius 1 is 1.17 bits per heavy atom. The lowest BCUT2D eigenvalue weighted by molar-refractivity contribution is 0.0956. The van der Waals surface area contributed by atoms with Crippen LogP contribution in [0.15, 0.2) is 48.5 Å². The molecule has 1 atom stereocenters. The number of rotatable bonds is 3. The molecule has 0 radical (unpaired) electrons. The van der Waals surface area contributed by atoms with Crippen LogP contribution in [0.2, 0.25) is 0 Å². The first kappa shape index (κ1) is 14.0. The maximum Gasteiger partial charge on any atom is 0.253 e. The van der Waals surface area contributed by atoms with Gasteiger partial charge in [-0.3, -0.25) is 4.79 Å². The van der Waals surface area contributed by atoms with Gasteiger partial charge in [0.15, 0.2) is 0 Å². The van der Waals surface area contributed by atoms with Crippen molar-refractivity contribution in [2.45, 2.75) is 25.8 Å². The van der Waals surface area contributed by atoms with Gasteiger partial charge in [-0.05, 0) is 23.6 Å². The minimum atomic E-state index is -0.00286. The number of carbonyl (C=O) groups is 1. The number of nitrogens with one attached hydrogen (secondary N) is 1. The number of nitrogens with zero attached hydrogens (tertiary/aromatic N) is 2. The second-order valence-corrected chi connectivity index (χ2v) is 6.12. The third-order valence-corrected chi connectivity index (χ3v) is 4.57. The van der Waals surface area contributed by atoms with Gasteiger partial charge in [0.1, 0.15) is 5.82 Å². The summed E-state index contributed by atoms with van der Waals surface area (Å²) in [5.74, 6) is 1.44. The SMILES string of the molecule is CC(Cc1nc2cccc3c2n1CCNC3=O)c1ccccc1. The molecule has 1 N–H and O–H groups in total. The molecule has 2 aromatic carbocycles. The van der Waals surface area contributed by atoms with Crippen molar-refractivity contribution in [2.75, 3.05) is 6.54 Å². The average Bonchev–Trinajstić information content (AvgIpc) is 2.82. The first-order valence-electron chi connectivity index (χ1n) is 8.05. The molecule has 1 aliphatic heterocycles. The Balaban J connectivity index is 1.77. The third kappa shape index (κ3) is 2.40. The van der Waals surface area contributed by atoms with Gasteiger partial charge in [-0.2, -0.15) is 0 Å². The van der Waals surface area contributed by atoms with Crippen LogP contribution in [0.1, 0.15) is 34.6 Å². The van der Waals surface area contributed by atoms with Gasteiger partial charge in [0.25, 0.3) is 5.91 Å². The van der Waals surface area contributed by atoms with E-state index >= 15 is 0 Å². The molecule has 2 heterocycles. The van der Waals surface area contributed by atoms with Crippen molar-refractivity contribution in [3.05, 3.63) is 65.5 Å². The Labute approximate surface area is 135 Å². The molecule has 4 rings (SSSR count). The predicted octanol–water partition coefficient (Wildman–Crippen LogP) is 3.13. The molecule has 1 amide bonds. The molecule has 0 aliphatic carbocycles. The molecule has 1 aliphatic rings. The normalized spacial score (nSPS) is 15.3. The van der Waals surface area contributed by atoms with Gasteiger partial charge in [0, 0.05) is 19.5 Å². The molecule has 4 heteroatoms. The topological polar surface area (TPSA) is 46.9 Å². The highest BCUT2D eigenvalue weighted by molar-refractivity contribution is 6.05. The second kappa shape index (κ2) is 5.54. The van der Waals surface area contributed by atoms with Crippen molar-refractivity contribution in [1.29, 1.82) is 0 Å². The zero-order valence-electron chi connectivity index (χ0n) is 13.1. The van der Waals surface area contributed by atoms with E-state index in [0.717, 1.165) is 35.4 Å². The maximum absolute atomic E-state index is 12.2. The molecule has 3 aromatic rings. The molecule has 4 nitrogen and oxygen atoms in total. The monoisotopic (exact) mass is 305 g/mol. The summed E-state index contributed by atoms with van der Waals surface area (Å²) in [7, 11) is 0. The van der Waals surface area contributed by atoms with Crippen LogP contribution in [0.3, 0.4) is 0 Å². The smallest absolute Gasteiger partial charge is 0.253 e. The van der Waals surface area contributed by atoms with Crippen molar-refractivity contribution in [1.82, 2.24) is 14.9 Å². The molecule has 0 saturated heterocycles. The number of para-hydroxylation sites is 1. The fourth-order valence-electron chi connectivity index (χ4n) is 3.36. The first-order chi connectivity index (χ1) is 11.2. The van der Waals surface area contributed by atoms with Crippen molar-refractivity contribution in [3.8, 4) is 0 Å². The van der Waals surface area contributed by atoms with Gasteiger partial charge in [0.05, 0.1) is 16.6 Å². The van der Waals surface area contributed by atoms with E-state index in [1.807, 2.05) is 24.3 Å². The zero-order valence-corrected chi connectivity index (χ0v) is 13.1. The average molecular weight is 305 g/mol.